The molecule has 0 amide bonds. The highest BCUT2D eigenvalue weighted by Crippen LogP contribution is 2.41. The molecule has 0 spiro atoms. The molecule has 5 aromatic rings. The number of benzene rings is 2. The first-order valence-corrected chi connectivity index (χ1v) is 12.4. The maximum atomic E-state index is 6.63. The van der Waals surface area contributed by atoms with Gasteiger partial charge in [0.05, 0.1) is 47.1 Å². The number of nitrogens with zero attached hydrogens (tertiary/aromatic N) is 5. The molecule has 0 saturated carbocycles. The van der Waals surface area contributed by atoms with Crippen LogP contribution in [0.2, 0.25) is 5.02 Å². The number of ether oxygens (including phenoxy) is 1. The number of nitrogens with one attached hydrogen (secondary N) is 1. The Kier molecular flexibility index (Phi) is 5.45. The molecule has 7 nitrogen and oxygen atoms in total. The Balaban J connectivity index is 1.60. The molecular weight excluding hydrogens is 472 g/mol. The number of methoxy groups -OCH3 is 1. The van der Waals surface area contributed by atoms with E-state index in [1.807, 2.05) is 12.3 Å². The van der Waals surface area contributed by atoms with Gasteiger partial charge in [0.1, 0.15) is 0 Å². The van der Waals surface area contributed by atoms with E-state index in [-0.39, 0.29) is 0 Å². The van der Waals surface area contributed by atoms with Crippen LogP contribution in [-0.2, 0) is 13.0 Å². The molecule has 1 aliphatic rings. The number of halogens is 1. The van der Waals surface area contributed by atoms with Gasteiger partial charge >= 0.3 is 0 Å². The molecule has 0 unspecified atom stereocenters. The van der Waals surface area contributed by atoms with E-state index in [0.717, 1.165) is 57.1 Å². The van der Waals surface area contributed by atoms with Gasteiger partial charge in [-0.2, -0.15) is 5.10 Å². The molecule has 3 aromatic heterocycles. The summed E-state index contributed by atoms with van der Waals surface area (Å²) >= 11 is 6.63. The summed E-state index contributed by atoms with van der Waals surface area (Å²) in [4.78, 5) is 14.6. The van der Waals surface area contributed by atoms with Gasteiger partial charge in [0.15, 0.2) is 5.75 Å². The minimum absolute atomic E-state index is 0.645. The fraction of sp³-hybridized carbons (Fsp3) is 0.250. The van der Waals surface area contributed by atoms with Crippen LogP contribution in [0.3, 0.4) is 0 Å². The van der Waals surface area contributed by atoms with Gasteiger partial charge in [0.25, 0.3) is 0 Å². The lowest BCUT2D eigenvalue weighted by molar-refractivity contribution is 0.410. The van der Waals surface area contributed by atoms with Gasteiger partial charge in [-0.15, -0.1) is 0 Å². The Morgan fingerprint density at radius 1 is 1.03 bits per heavy atom. The van der Waals surface area contributed by atoms with Crippen LogP contribution in [0.4, 0.5) is 5.95 Å². The number of aryl methyl sites for hydroxylation is 3. The highest BCUT2D eigenvalue weighted by molar-refractivity contribution is 6.35. The molecule has 0 radical (unpaired) electrons. The third-order valence-electron chi connectivity index (χ3n) is 7.05. The molecule has 1 N–H and O–H groups in total. The minimum Gasteiger partial charge on any atom is -0.494 e. The SMILES string of the molecule is COc1cnc(N2CCc3nn(-c4c(C)cccc4C)c(-c4c(C)cc(Cl)c5[nH]ccc45)c3C2)nc1. The number of aromatic amines is 1. The van der Waals surface area contributed by atoms with E-state index in [1.165, 1.54) is 16.7 Å². The van der Waals surface area contributed by atoms with E-state index in [2.05, 4.69) is 69.6 Å². The highest BCUT2D eigenvalue weighted by atomic mass is 35.5. The predicted molar refractivity (Wildman–Crippen MR) is 143 cm³/mol. The largest absolute Gasteiger partial charge is 0.494 e. The number of H-pyrrole nitrogens is 1. The van der Waals surface area contributed by atoms with E-state index >= 15 is 0 Å². The van der Waals surface area contributed by atoms with Crippen LogP contribution in [0.1, 0.15) is 27.9 Å². The van der Waals surface area contributed by atoms with Crippen LogP contribution >= 0.6 is 11.6 Å². The molecule has 6 rings (SSSR count). The first-order valence-electron chi connectivity index (χ1n) is 12.0. The Labute approximate surface area is 214 Å². The van der Waals surface area contributed by atoms with Crippen LogP contribution in [-0.4, -0.2) is 38.4 Å². The number of rotatable bonds is 4. The van der Waals surface area contributed by atoms with Crippen molar-refractivity contribution in [2.75, 3.05) is 18.6 Å². The first kappa shape index (κ1) is 22.6. The second-order valence-electron chi connectivity index (χ2n) is 9.34. The van der Waals surface area contributed by atoms with E-state index in [4.69, 9.17) is 21.4 Å². The molecule has 182 valence electrons. The molecule has 8 heteroatoms. The molecular formula is C28H27ClN6O. The van der Waals surface area contributed by atoms with Crippen molar-refractivity contribution in [2.24, 2.45) is 0 Å². The van der Waals surface area contributed by atoms with Gasteiger partial charge in [0.2, 0.25) is 5.95 Å². The van der Waals surface area contributed by atoms with Gasteiger partial charge in [-0.3, -0.25) is 0 Å². The monoisotopic (exact) mass is 498 g/mol. The molecule has 0 fully saturated rings. The zero-order valence-electron chi connectivity index (χ0n) is 20.8. The standard InChI is InChI=1S/C28H27ClN6O/c1-16-6-5-7-17(2)26(16)35-27(24-18(3)12-22(29)25-20(24)8-10-30-25)21-15-34(11-9-23(21)33-35)28-31-13-19(36-4)14-32-28/h5-8,10,12-14,30H,9,11,15H2,1-4H3. The lowest BCUT2D eigenvalue weighted by Crippen LogP contribution is -2.31. The molecule has 1 aliphatic heterocycles. The summed E-state index contributed by atoms with van der Waals surface area (Å²) in [6, 6.07) is 10.5. The molecule has 36 heavy (non-hydrogen) atoms. The molecule has 2 aromatic carbocycles. The Morgan fingerprint density at radius 3 is 2.50 bits per heavy atom. The number of para-hydroxylation sites is 1. The van der Waals surface area contributed by atoms with Crippen LogP contribution in [0.5, 0.6) is 5.75 Å². The van der Waals surface area contributed by atoms with Crippen molar-refractivity contribution in [2.45, 2.75) is 33.7 Å². The first-order chi connectivity index (χ1) is 17.5. The van der Waals surface area contributed by atoms with Gasteiger partial charge in [-0.25, -0.2) is 14.6 Å². The molecule has 0 aliphatic carbocycles. The minimum atomic E-state index is 0.645. The Morgan fingerprint density at radius 2 is 1.78 bits per heavy atom. The van der Waals surface area contributed by atoms with Crippen molar-refractivity contribution >= 4 is 28.5 Å². The summed E-state index contributed by atoms with van der Waals surface area (Å²) in [6.07, 6.45) is 6.18. The normalized spacial score (nSPS) is 13.3. The molecule has 0 bridgehead atoms. The van der Waals surface area contributed by atoms with Crippen molar-refractivity contribution in [3.63, 3.8) is 0 Å². The summed E-state index contributed by atoms with van der Waals surface area (Å²) in [5.41, 5.74) is 10.1. The average molecular weight is 499 g/mol. The Hall–Kier alpha value is -3.84. The number of anilines is 1. The van der Waals surface area contributed by atoms with Crippen LogP contribution in [0, 0.1) is 20.8 Å². The van der Waals surface area contributed by atoms with Crippen molar-refractivity contribution in [3.8, 4) is 22.7 Å². The second-order valence-corrected chi connectivity index (χ2v) is 9.74. The lowest BCUT2D eigenvalue weighted by Gasteiger charge is -2.27. The summed E-state index contributed by atoms with van der Waals surface area (Å²) in [7, 11) is 1.62. The smallest absolute Gasteiger partial charge is 0.225 e. The van der Waals surface area contributed by atoms with Crippen molar-refractivity contribution < 1.29 is 4.74 Å². The lowest BCUT2D eigenvalue weighted by atomic mass is 9.94. The van der Waals surface area contributed by atoms with Gasteiger partial charge in [-0.05, 0) is 49.6 Å². The highest BCUT2D eigenvalue weighted by Gasteiger charge is 2.30. The quantitative estimate of drug-likeness (QED) is 0.331. The summed E-state index contributed by atoms with van der Waals surface area (Å²) in [5, 5.41) is 7.02. The van der Waals surface area contributed by atoms with Crippen molar-refractivity contribution in [1.29, 1.82) is 0 Å². The second kappa shape index (κ2) is 8.68. The van der Waals surface area contributed by atoms with Crippen LogP contribution in [0.25, 0.3) is 27.8 Å². The van der Waals surface area contributed by atoms with E-state index in [0.29, 0.717) is 18.2 Å². The third kappa shape index (κ3) is 3.54. The number of hydrogen-bond acceptors (Lipinski definition) is 5. The fourth-order valence-corrected chi connectivity index (χ4v) is 5.64. The Bertz CT molecular complexity index is 1580. The topological polar surface area (TPSA) is 71.9 Å². The summed E-state index contributed by atoms with van der Waals surface area (Å²) in [6.45, 7) is 7.86. The summed E-state index contributed by atoms with van der Waals surface area (Å²) < 4.78 is 7.40. The van der Waals surface area contributed by atoms with Crippen LogP contribution in [0.15, 0.2) is 48.9 Å². The van der Waals surface area contributed by atoms with Crippen molar-refractivity contribution in [1.82, 2.24) is 24.7 Å². The van der Waals surface area contributed by atoms with Crippen molar-refractivity contribution in [3.05, 3.63) is 81.9 Å². The molecule has 4 heterocycles. The van der Waals surface area contributed by atoms with Gasteiger partial charge < -0.3 is 14.6 Å². The average Bonchev–Trinajstić information content (AvgIpc) is 3.50. The number of fused-ring (bicyclic) bond motifs is 2. The third-order valence-corrected chi connectivity index (χ3v) is 7.35. The molecule has 0 saturated heterocycles. The van der Waals surface area contributed by atoms with E-state index in [9.17, 15) is 0 Å². The predicted octanol–water partition coefficient (Wildman–Crippen LogP) is 5.96. The van der Waals surface area contributed by atoms with Crippen LogP contribution < -0.4 is 9.64 Å². The number of aromatic nitrogens is 5. The van der Waals surface area contributed by atoms with E-state index < -0.39 is 0 Å². The number of hydrogen-bond donors (Lipinski definition) is 1. The van der Waals surface area contributed by atoms with Gasteiger partial charge in [0, 0.05) is 42.2 Å². The summed E-state index contributed by atoms with van der Waals surface area (Å²) in [5.74, 6) is 1.33. The fourth-order valence-electron chi connectivity index (χ4n) is 5.32. The zero-order valence-corrected chi connectivity index (χ0v) is 21.5. The van der Waals surface area contributed by atoms with Gasteiger partial charge in [-0.1, -0.05) is 29.8 Å². The maximum absolute atomic E-state index is 6.63. The zero-order chi connectivity index (χ0) is 25.0. The maximum Gasteiger partial charge on any atom is 0.225 e. The van der Waals surface area contributed by atoms with E-state index in [1.54, 1.807) is 19.5 Å². The molecule has 0 atom stereocenters.